The Labute approximate surface area is 113 Å². The fraction of sp³-hybridized carbons (Fsp3) is 0.400. The van der Waals surface area contributed by atoms with E-state index in [2.05, 4.69) is 5.48 Å². The average Bonchev–Trinajstić information content (AvgIpc) is 2.36. The number of carbonyl (C=O) groups excluding carboxylic acids is 1. The van der Waals surface area contributed by atoms with Crippen molar-refractivity contribution < 1.29 is 14.7 Å². The zero-order valence-electron chi connectivity index (χ0n) is 11.4. The summed E-state index contributed by atoms with van der Waals surface area (Å²) in [6.45, 7) is 4.10. The summed E-state index contributed by atoms with van der Waals surface area (Å²) >= 11 is 0. The molecule has 0 amide bonds. The second kappa shape index (κ2) is 5.15. The molecule has 0 radical (unpaired) electrons. The van der Waals surface area contributed by atoms with Gasteiger partial charge >= 0.3 is 0 Å². The zero-order valence-corrected chi connectivity index (χ0v) is 11.4. The lowest BCUT2D eigenvalue weighted by molar-refractivity contribution is -0.129. The molecule has 19 heavy (non-hydrogen) atoms. The number of ketones is 1. The third-order valence-corrected chi connectivity index (χ3v) is 3.34. The lowest BCUT2D eigenvalue weighted by Gasteiger charge is -2.37. The Morgan fingerprint density at radius 3 is 2.68 bits per heavy atom. The molecule has 102 valence electrons. The van der Waals surface area contributed by atoms with Crippen molar-refractivity contribution in [2.45, 2.75) is 25.8 Å². The van der Waals surface area contributed by atoms with Crippen LogP contribution in [0.15, 0.2) is 30.3 Å². The summed E-state index contributed by atoms with van der Waals surface area (Å²) in [5, 5.41) is 9.94. The first kappa shape index (κ1) is 13.8. The van der Waals surface area contributed by atoms with Gasteiger partial charge in [-0.1, -0.05) is 38.1 Å². The summed E-state index contributed by atoms with van der Waals surface area (Å²) in [7, 11) is 1.50. The smallest absolute Gasteiger partial charge is 0.186 e. The first-order chi connectivity index (χ1) is 9.01. The number of hydroxylamine groups is 1. The highest BCUT2D eigenvalue weighted by Crippen LogP contribution is 2.38. The molecular formula is C15H19NO3. The second-order valence-corrected chi connectivity index (χ2v) is 5.25. The fourth-order valence-electron chi connectivity index (χ4n) is 2.68. The SMILES string of the molecule is CONC1(CC(C)C)C(=O)C=C(O)c2ccccc21. The number of hydrogen-bond donors (Lipinski definition) is 2. The molecule has 0 spiro atoms. The molecule has 1 aromatic carbocycles. The highest BCUT2D eigenvalue weighted by atomic mass is 16.6. The minimum atomic E-state index is -0.925. The molecule has 1 unspecified atom stereocenters. The van der Waals surface area contributed by atoms with Crippen molar-refractivity contribution in [1.82, 2.24) is 5.48 Å². The first-order valence-corrected chi connectivity index (χ1v) is 6.36. The Hall–Kier alpha value is -1.65. The van der Waals surface area contributed by atoms with Crippen molar-refractivity contribution >= 4 is 11.5 Å². The molecule has 0 bridgehead atoms. The lowest BCUT2D eigenvalue weighted by atomic mass is 9.74. The van der Waals surface area contributed by atoms with Gasteiger partial charge in [-0.15, -0.1) is 0 Å². The molecule has 1 aromatic rings. The molecule has 0 aliphatic heterocycles. The normalized spacial score (nSPS) is 22.3. The lowest BCUT2D eigenvalue weighted by Crippen LogP contribution is -2.51. The number of benzene rings is 1. The Morgan fingerprint density at radius 2 is 2.05 bits per heavy atom. The number of hydrogen-bond acceptors (Lipinski definition) is 4. The number of fused-ring (bicyclic) bond motifs is 1. The minimum Gasteiger partial charge on any atom is -0.507 e. The van der Waals surface area contributed by atoms with Crippen LogP contribution in [0.2, 0.25) is 0 Å². The van der Waals surface area contributed by atoms with Gasteiger partial charge in [-0.2, -0.15) is 5.48 Å². The van der Waals surface area contributed by atoms with E-state index in [1.807, 2.05) is 32.0 Å². The monoisotopic (exact) mass is 261 g/mol. The quantitative estimate of drug-likeness (QED) is 0.818. The van der Waals surface area contributed by atoms with Gasteiger partial charge in [0.25, 0.3) is 0 Å². The van der Waals surface area contributed by atoms with E-state index < -0.39 is 5.54 Å². The molecule has 1 aliphatic rings. The molecular weight excluding hydrogens is 242 g/mol. The minimum absolute atomic E-state index is 0.0119. The van der Waals surface area contributed by atoms with E-state index in [0.717, 1.165) is 5.56 Å². The Morgan fingerprint density at radius 1 is 1.37 bits per heavy atom. The standard InChI is InChI=1S/C15H19NO3/c1-10(2)9-15(16-19-3)12-7-5-4-6-11(12)13(17)8-14(15)18/h4-8,10,16-17H,9H2,1-3H3. The van der Waals surface area contributed by atoms with Crippen LogP contribution < -0.4 is 5.48 Å². The molecule has 1 atom stereocenters. The van der Waals surface area contributed by atoms with E-state index >= 15 is 0 Å². The van der Waals surface area contributed by atoms with Crippen molar-refractivity contribution in [3.8, 4) is 0 Å². The van der Waals surface area contributed by atoms with Gasteiger partial charge in [0.1, 0.15) is 11.3 Å². The maximum Gasteiger partial charge on any atom is 0.186 e. The molecule has 0 saturated heterocycles. The van der Waals surface area contributed by atoms with Crippen LogP contribution in [0.4, 0.5) is 0 Å². The van der Waals surface area contributed by atoms with Crippen LogP contribution in [0, 0.1) is 5.92 Å². The predicted octanol–water partition coefficient (Wildman–Crippen LogP) is 2.56. The highest BCUT2D eigenvalue weighted by Gasteiger charge is 2.44. The van der Waals surface area contributed by atoms with Crippen molar-refractivity contribution in [3.63, 3.8) is 0 Å². The van der Waals surface area contributed by atoms with Crippen LogP contribution in [-0.4, -0.2) is 18.0 Å². The van der Waals surface area contributed by atoms with E-state index in [0.29, 0.717) is 17.9 Å². The van der Waals surface area contributed by atoms with Crippen LogP contribution in [0.5, 0.6) is 0 Å². The highest BCUT2D eigenvalue weighted by molar-refractivity contribution is 6.06. The van der Waals surface area contributed by atoms with Crippen molar-refractivity contribution in [2.75, 3.05) is 7.11 Å². The Kier molecular flexibility index (Phi) is 3.73. The van der Waals surface area contributed by atoms with Gasteiger partial charge in [0, 0.05) is 11.6 Å². The van der Waals surface area contributed by atoms with Gasteiger partial charge in [0.05, 0.1) is 7.11 Å². The summed E-state index contributed by atoms with van der Waals surface area (Å²) in [5.41, 5.74) is 3.36. The van der Waals surface area contributed by atoms with E-state index in [-0.39, 0.29) is 11.5 Å². The van der Waals surface area contributed by atoms with Crippen LogP contribution in [0.3, 0.4) is 0 Å². The van der Waals surface area contributed by atoms with E-state index in [9.17, 15) is 9.90 Å². The molecule has 0 aromatic heterocycles. The summed E-state index contributed by atoms with van der Waals surface area (Å²) in [6, 6.07) is 7.35. The third-order valence-electron chi connectivity index (χ3n) is 3.34. The first-order valence-electron chi connectivity index (χ1n) is 6.36. The van der Waals surface area contributed by atoms with Crippen molar-refractivity contribution in [2.24, 2.45) is 5.92 Å². The number of carbonyl (C=O) groups is 1. The average molecular weight is 261 g/mol. The molecule has 2 N–H and O–H groups in total. The predicted molar refractivity (Wildman–Crippen MR) is 73.3 cm³/mol. The zero-order chi connectivity index (χ0) is 14.0. The van der Waals surface area contributed by atoms with Crippen LogP contribution >= 0.6 is 0 Å². The molecule has 4 nitrogen and oxygen atoms in total. The number of aliphatic hydroxyl groups is 1. The van der Waals surface area contributed by atoms with Gasteiger partial charge in [-0.25, -0.2) is 0 Å². The van der Waals surface area contributed by atoms with Gasteiger partial charge in [-0.05, 0) is 17.9 Å². The molecule has 0 fully saturated rings. The van der Waals surface area contributed by atoms with E-state index in [1.54, 1.807) is 6.07 Å². The Bertz CT molecular complexity index is 522. The largest absolute Gasteiger partial charge is 0.507 e. The summed E-state index contributed by atoms with van der Waals surface area (Å²) in [6.07, 6.45) is 1.87. The molecule has 0 heterocycles. The van der Waals surface area contributed by atoms with Crippen molar-refractivity contribution in [1.29, 1.82) is 0 Å². The maximum atomic E-state index is 12.4. The molecule has 2 rings (SSSR count). The molecule has 4 heteroatoms. The fourth-order valence-corrected chi connectivity index (χ4v) is 2.68. The molecule has 0 saturated carbocycles. The van der Waals surface area contributed by atoms with Crippen LogP contribution in [0.25, 0.3) is 5.76 Å². The maximum absolute atomic E-state index is 12.4. The summed E-state index contributed by atoms with van der Waals surface area (Å²) in [5.74, 6) is 0.130. The van der Waals surface area contributed by atoms with Gasteiger partial charge in [-0.3, -0.25) is 4.79 Å². The van der Waals surface area contributed by atoms with Gasteiger partial charge in [0.2, 0.25) is 0 Å². The van der Waals surface area contributed by atoms with Crippen molar-refractivity contribution in [3.05, 3.63) is 41.5 Å². The summed E-state index contributed by atoms with van der Waals surface area (Å²) < 4.78 is 0. The van der Waals surface area contributed by atoms with Gasteiger partial charge < -0.3 is 9.94 Å². The molecule has 1 aliphatic carbocycles. The topological polar surface area (TPSA) is 58.6 Å². The van der Waals surface area contributed by atoms with Crippen LogP contribution in [-0.2, 0) is 15.2 Å². The number of aliphatic hydroxyl groups excluding tert-OH is 1. The Balaban J connectivity index is 2.62. The third kappa shape index (κ3) is 2.29. The van der Waals surface area contributed by atoms with Gasteiger partial charge in [0.15, 0.2) is 5.78 Å². The van der Waals surface area contributed by atoms with E-state index in [4.69, 9.17) is 4.84 Å². The number of rotatable bonds is 4. The van der Waals surface area contributed by atoms with Crippen LogP contribution in [0.1, 0.15) is 31.4 Å². The number of nitrogens with one attached hydrogen (secondary N) is 1. The second-order valence-electron chi connectivity index (χ2n) is 5.25. The van der Waals surface area contributed by atoms with E-state index in [1.165, 1.54) is 13.2 Å². The summed E-state index contributed by atoms with van der Waals surface area (Å²) in [4.78, 5) is 17.5.